The summed E-state index contributed by atoms with van der Waals surface area (Å²) in [4.78, 5) is 26.2. The minimum absolute atomic E-state index is 0.247. The summed E-state index contributed by atoms with van der Waals surface area (Å²) in [5.74, 6) is -0.247. The number of hydrogen-bond acceptors (Lipinski definition) is 7. The number of anilines is 2. The van der Waals surface area contributed by atoms with Crippen LogP contribution in [0.1, 0.15) is 10.4 Å². The fourth-order valence-corrected chi connectivity index (χ4v) is 5.97. The summed E-state index contributed by atoms with van der Waals surface area (Å²) in [5, 5.41) is 9.05. The number of aromatic nitrogens is 2. The summed E-state index contributed by atoms with van der Waals surface area (Å²) < 4.78 is 0. The molecule has 0 aliphatic heterocycles. The molecule has 6 aromatic rings. The van der Waals surface area contributed by atoms with Crippen molar-refractivity contribution < 1.29 is 4.79 Å². The number of thiophene rings is 3. The van der Waals surface area contributed by atoms with Crippen molar-refractivity contribution in [1.82, 2.24) is 9.97 Å². The Bertz CT molecular complexity index is 1640. The molecule has 5 nitrogen and oxygen atoms in total. The Labute approximate surface area is 213 Å². The van der Waals surface area contributed by atoms with Gasteiger partial charge in [-0.3, -0.25) is 4.79 Å². The van der Waals surface area contributed by atoms with Gasteiger partial charge in [0.05, 0.1) is 32.2 Å². The summed E-state index contributed by atoms with van der Waals surface area (Å²) in [6.45, 7) is 0. The molecule has 35 heavy (non-hydrogen) atoms. The minimum atomic E-state index is -0.247. The molecule has 0 saturated carbocycles. The minimum Gasteiger partial charge on any atom is -0.397 e. The van der Waals surface area contributed by atoms with Crippen LogP contribution in [0, 0.1) is 0 Å². The first-order valence-corrected chi connectivity index (χ1v) is 13.4. The Balaban J connectivity index is 1.37. The highest BCUT2D eigenvalue weighted by Gasteiger charge is 2.17. The third-order valence-electron chi connectivity index (χ3n) is 5.54. The van der Waals surface area contributed by atoms with E-state index in [4.69, 9.17) is 15.7 Å². The van der Waals surface area contributed by atoms with Crippen LogP contribution in [0.2, 0.25) is 0 Å². The summed E-state index contributed by atoms with van der Waals surface area (Å²) in [7, 11) is 0. The van der Waals surface area contributed by atoms with Crippen molar-refractivity contribution in [1.29, 1.82) is 0 Å². The monoisotopic (exact) mass is 510 g/mol. The third-order valence-corrected chi connectivity index (χ3v) is 8.21. The summed E-state index contributed by atoms with van der Waals surface area (Å²) in [6, 6.07) is 23.2. The number of nitrogens with two attached hydrogens (primary N) is 1. The average molecular weight is 511 g/mol. The first-order chi connectivity index (χ1) is 17.2. The van der Waals surface area contributed by atoms with Gasteiger partial charge in [-0.05, 0) is 70.2 Å². The van der Waals surface area contributed by atoms with Crippen molar-refractivity contribution in [3.63, 3.8) is 0 Å². The van der Waals surface area contributed by atoms with Crippen molar-refractivity contribution >= 4 is 62.3 Å². The maximum atomic E-state index is 13.2. The van der Waals surface area contributed by atoms with Gasteiger partial charge in [0.25, 0.3) is 5.91 Å². The molecule has 6 rings (SSSR count). The van der Waals surface area contributed by atoms with E-state index in [9.17, 15) is 4.79 Å². The van der Waals surface area contributed by atoms with Gasteiger partial charge < -0.3 is 11.1 Å². The van der Waals surface area contributed by atoms with Crippen LogP contribution in [0.5, 0.6) is 0 Å². The molecule has 0 aliphatic rings. The highest BCUT2D eigenvalue weighted by Crippen LogP contribution is 2.36. The maximum Gasteiger partial charge on any atom is 0.255 e. The lowest BCUT2D eigenvalue weighted by Crippen LogP contribution is -2.13. The Morgan fingerprint density at radius 2 is 1.34 bits per heavy atom. The number of benzene rings is 2. The fraction of sp³-hybridized carbons (Fsp3) is 0. The van der Waals surface area contributed by atoms with E-state index in [-0.39, 0.29) is 5.91 Å². The van der Waals surface area contributed by atoms with Crippen LogP contribution < -0.4 is 11.1 Å². The number of rotatable bonds is 5. The molecule has 1 amide bonds. The third kappa shape index (κ3) is 4.23. The number of nitrogens with one attached hydrogen (secondary N) is 1. The van der Waals surface area contributed by atoms with Gasteiger partial charge in [0.15, 0.2) is 0 Å². The molecule has 0 spiro atoms. The van der Waals surface area contributed by atoms with E-state index in [0.717, 1.165) is 37.1 Å². The second kappa shape index (κ2) is 9.07. The van der Waals surface area contributed by atoms with E-state index in [2.05, 4.69) is 5.32 Å². The lowest BCUT2D eigenvalue weighted by Gasteiger charge is -2.11. The van der Waals surface area contributed by atoms with Crippen molar-refractivity contribution in [2.24, 2.45) is 0 Å². The number of amides is 1. The Morgan fingerprint density at radius 3 is 1.97 bits per heavy atom. The van der Waals surface area contributed by atoms with Gasteiger partial charge in [-0.1, -0.05) is 24.3 Å². The average Bonchev–Trinajstić information content (AvgIpc) is 3.67. The fourth-order valence-electron chi connectivity index (χ4n) is 3.82. The summed E-state index contributed by atoms with van der Waals surface area (Å²) >= 11 is 4.89. The molecule has 0 aliphatic carbocycles. The number of carbonyl (C=O) groups excluding carboxylic acids is 1. The van der Waals surface area contributed by atoms with Gasteiger partial charge in [-0.25, -0.2) is 9.97 Å². The zero-order valence-electron chi connectivity index (χ0n) is 18.3. The predicted octanol–water partition coefficient (Wildman–Crippen LogP) is 7.65. The number of hydrogen-bond donors (Lipinski definition) is 2. The van der Waals surface area contributed by atoms with Crippen LogP contribution in [0.25, 0.3) is 42.6 Å². The molecule has 3 N–H and O–H groups in total. The van der Waals surface area contributed by atoms with Gasteiger partial charge in [0.2, 0.25) is 0 Å². The molecule has 0 radical (unpaired) electrons. The topological polar surface area (TPSA) is 80.9 Å². The van der Waals surface area contributed by atoms with E-state index in [0.29, 0.717) is 22.5 Å². The second-order valence-electron chi connectivity index (χ2n) is 7.81. The highest BCUT2D eigenvalue weighted by atomic mass is 32.1. The van der Waals surface area contributed by atoms with Crippen molar-refractivity contribution in [3.8, 4) is 31.6 Å². The van der Waals surface area contributed by atoms with E-state index in [1.54, 1.807) is 46.1 Å². The van der Waals surface area contributed by atoms with Crippen LogP contribution in [0.4, 0.5) is 11.4 Å². The molecule has 0 bridgehead atoms. The van der Waals surface area contributed by atoms with E-state index >= 15 is 0 Å². The Hall–Kier alpha value is -3.85. The number of fused-ring (bicyclic) bond motifs is 1. The molecule has 4 aromatic heterocycles. The molecular weight excluding hydrogens is 493 g/mol. The quantitative estimate of drug-likeness (QED) is 0.233. The molecule has 8 heteroatoms. The van der Waals surface area contributed by atoms with Gasteiger partial charge in [0, 0.05) is 10.4 Å². The number of nitrogens with zero attached hydrogens (tertiary/aromatic N) is 2. The van der Waals surface area contributed by atoms with E-state index in [1.807, 2.05) is 76.8 Å². The molecule has 4 heterocycles. The Kier molecular flexibility index (Phi) is 5.61. The molecule has 0 unspecified atom stereocenters. The van der Waals surface area contributed by atoms with Crippen LogP contribution in [0.15, 0.2) is 88.9 Å². The molecule has 2 aromatic carbocycles. The lowest BCUT2D eigenvalue weighted by molar-refractivity contribution is 0.102. The molecule has 170 valence electrons. The van der Waals surface area contributed by atoms with Crippen LogP contribution >= 0.6 is 34.0 Å². The first-order valence-electron chi connectivity index (χ1n) is 10.8. The van der Waals surface area contributed by atoms with Gasteiger partial charge >= 0.3 is 0 Å². The van der Waals surface area contributed by atoms with Crippen LogP contribution in [-0.2, 0) is 0 Å². The lowest BCUT2D eigenvalue weighted by atomic mass is 10.1. The first kappa shape index (κ1) is 21.7. The zero-order chi connectivity index (χ0) is 23.8. The number of carbonyl (C=O) groups is 1. The van der Waals surface area contributed by atoms with Crippen molar-refractivity contribution in [3.05, 3.63) is 94.5 Å². The predicted molar refractivity (Wildman–Crippen MR) is 148 cm³/mol. The maximum absolute atomic E-state index is 13.2. The van der Waals surface area contributed by atoms with Gasteiger partial charge in [0.1, 0.15) is 11.4 Å². The van der Waals surface area contributed by atoms with E-state index < -0.39 is 0 Å². The van der Waals surface area contributed by atoms with Crippen LogP contribution in [0.3, 0.4) is 0 Å². The van der Waals surface area contributed by atoms with E-state index in [1.165, 1.54) is 0 Å². The SMILES string of the molecule is Nc1ccc(-c2cccs2)cc1NC(=O)c1ccc2nc(-c3cccs3)c(-c3cccs3)nc2c1. The van der Waals surface area contributed by atoms with Crippen molar-refractivity contribution in [2.45, 2.75) is 0 Å². The molecule has 0 fully saturated rings. The smallest absolute Gasteiger partial charge is 0.255 e. The highest BCUT2D eigenvalue weighted by molar-refractivity contribution is 7.14. The van der Waals surface area contributed by atoms with Crippen LogP contribution in [-0.4, -0.2) is 15.9 Å². The van der Waals surface area contributed by atoms with Gasteiger partial charge in [-0.15, -0.1) is 34.0 Å². The zero-order valence-corrected chi connectivity index (χ0v) is 20.7. The summed E-state index contributed by atoms with van der Waals surface area (Å²) in [6.07, 6.45) is 0. The largest absolute Gasteiger partial charge is 0.397 e. The number of nitrogen functional groups attached to an aromatic ring is 1. The summed E-state index contributed by atoms with van der Waals surface area (Å²) in [5.41, 5.74) is 11.8. The standard InChI is InChI=1S/C27H18N4OS3/c28-18-9-7-16(22-4-1-11-33-22)14-20(18)31-27(32)17-8-10-19-21(15-17)30-26(24-6-3-13-35-24)25(29-19)23-5-2-12-34-23/h1-15H,28H2,(H,31,32). The Morgan fingerprint density at radius 1 is 0.714 bits per heavy atom. The second-order valence-corrected chi connectivity index (χ2v) is 10.7. The van der Waals surface area contributed by atoms with Gasteiger partial charge in [-0.2, -0.15) is 0 Å². The molecular formula is C27H18N4OS3. The van der Waals surface area contributed by atoms with Crippen molar-refractivity contribution in [2.75, 3.05) is 11.1 Å². The normalized spacial score (nSPS) is 11.1. The molecule has 0 saturated heterocycles. The molecule has 0 atom stereocenters.